The van der Waals surface area contributed by atoms with Crippen molar-refractivity contribution in [1.29, 1.82) is 0 Å². The quantitative estimate of drug-likeness (QED) is 0.912. The third kappa shape index (κ3) is 3.95. The molecule has 2 heterocycles. The maximum Gasteiger partial charge on any atom is 0.128 e. The van der Waals surface area contributed by atoms with Crippen molar-refractivity contribution in [2.75, 3.05) is 24.5 Å². The average Bonchev–Trinajstić information content (AvgIpc) is 2.45. The molecule has 3 nitrogen and oxygen atoms in total. The molecule has 1 aromatic heterocycles. The third-order valence-corrected chi connectivity index (χ3v) is 4.43. The van der Waals surface area contributed by atoms with Crippen LogP contribution in [0.15, 0.2) is 18.3 Å². The van der Waals surface area contributed by atoms with E-state index in [4.69, 9.17) is 0 Å². The molecular formula is C17H29N3. The van der Waals surface area contributed by atoms with Crippen LogP contribution in [-0.2, 0) is 6.54 Å². The normalized spacial score (nSPS) is 17.5. The third-order valence-electron chi connectivity index (χ3n) is 4.43. The van der Waals surface area contributed by atoms with Gasteiger partial charge in [-0.3, -0.25) is 0 Å². The fraction of sp³-hybridized carbons (Fsp3) is 0.706. The molecule has 0 spiro atoms. The van der Waals surface area contributed by atoms with E-state index in [1.165, 1.54) is 18.4 Å². The Morgan fingerprint density at radius 2 is 1.95 bits per heavy atom. The first kappa shape index (κ1) is 15.3. The second kappa shape index (κ2) is 6.57. The minimum Gasteiger partial charge on any atom is -0.357 e. The number of nitrogens with one attached hydrogen (secondary N) is 1. The van der Waals surface area contributed by atoms with E-state index in [1.807, 2.05) is 6.20 Å². The van der Waals surface area contributed by atoms with E-state index in [-0.39, 0.29) is 0 Å². The van der Waals surface area contributed by atoms with E-state index in [0.29, 0.717) is 5.41 Å². The molecule has 1 fully saturated rings. The van der Waals surface area contributed by atoms with Gasteiger partial charge in [-0.15, -0.1) is 0 Å². The highest BCUT2D eigenvalue weighted by Gasteiger charge is 2.28. The van der Waals surface area contributed by atoms with Crippen molar-refractivity contribution in [1.82, 2.24) is 10.3 Å². The smallest absolute Gasteiger partial charge is 0.128 e. The molecule has 1 saturated heterocycles. The van der Waals surface area contributed by atoms with E-state index < -0.39 is 0 Å². The molecule has 0 atom stereocenters. The number of rotatable bonds is 4. The summed E-state index contributed by atoms with van der Waals surface area (Å²) in [6, 6.07) is 4.37. The second-order valence-corrected chi connectivity index (χ2v) is 6.93. The Morgan fingerprint density at radius 1 is 1.25 bits per heavy atom. The van der Waals surface area contributed by atoms with Gasteiger partial charge in [0.15, 0.2) is 0 Å². The molecule has 0 saturated carbocycles. The largest absolute Gasteiger partial charge is 0.357 e. The van der Waals surface area contributed by atoms with Gasteiger partial charge in [-0.05, 0) is 42.3 Å². The average molecular weight is 275 g/mol. The van der Waals surface area contributed by atoms with E-state index in [1.54, 1.807) is 0 Å². The van der Waals surface area contributed by atoms with Crippen LogP contribution in [0.2, 0.25) is 0 Å². The van der Waals surface area contributed by atoms with Gasteiger partial charge in [0, 0.05) is 25.8 Å². The summed E-state index contributed by atoms with van der Waals surface area (Å²) in [4.78, 5) is 7.06. The van der Waals surface area contributed by atoms with Crippen molar-refractivity contribution in [2.45, 2.75) is 47.1 Å². The van der Waals surface area contributed by atoms with Gasteiger partial charge in [-0.25, -0.2) is 4.98 Å². The maximum absolute atomic E-state index is 4.63. The lowest BCUT2D eigenvalue weighted by atomic mass is 9.75. The predicted molar refractivity (Wildman–Crippen MR) is 86.0 cm³/mol. The molecule has 1 aliphatic heterocycles. The first-order valence-corrected chi connectivity index (χ1v) is 7.91. The zero-order valence-electron chi connectivity index (χ0n) is 13.4. The number of hydrogen-bond donors (Lipinski definition) is 1. The lowest BCUT2D eigenvalue weighted by Crippen LogP contribution is -2.38. The first-order valence-electron chi connectivity index (χ1n) is 7.91. The van der Waals surface area contributed by atoms with Crippen molar-refractivity contribution >= 4 is 5.82 Å². The van der Waals surface area contributed by atoms with E-state index in [9.17, 15) is 0 Å². The van der Waals surface area contributed by atoms with E-state index in [0.717, 1.165) is 37.9 Å². The summed E-state index contributed by atoms with van der Waals surface area (Å²) in [6.07, 6.45) is 4.57. The van der Waals surface area contributed by atoms with Crippen molar-refractivity contribution in [3.05, 3.63) is 23.9 Å². The number of nitrogens with zero attached hydrogens (tertiary/aromatic N) is 2. The number of anilines is 1. The van der Waals surface area contributed by atoms with Gasteiger partial charge in [0.2, 0.25) is 0 Å². The highest BCUT2D eigenvalue weighted by Crippen LogP contribution is 2.35. The van der Waals surface area contributed by atoms with Crippen molar-refractivity contribution < 1.29 is 0 Å². The molecule has 1 N–H and O–H groups in total. The Hall–Kier alpha value is -1.09. The van der Waals surface area contributed by atoms with E-state index >= 15 is 0 Å². The van der Waals surface area contributed by atoms with Crippen LogP contribution in [0.3, 0.4) is 0 Å². The van der Waals surface area contributed by atoms with Crippen LogP contribution in [0, 0.1) is 11.3 Å². The molecule has 1 aliphatic rings. The first-order chi connectivity index (χ1) is 9.50. The van der Waals surface area contributed by atoms with Gasteiger partial charge >= 0.3 is 0 Å². The summed E-state index contributed by atoms with van der Waals surface area (Å²) in [7, 11) is 0. The molecule has 0 aromatic carbocycles. The van der Waals surface area contributed by atoms with Gasteiger partial charge < -0.3 is 10.2 Å². The Kier molecular flexibility index (Phi) is 5.03. The Labute approximate surface area is 123 Å². The van der Waals surface area contributed by atoms with Gasteiger partial charge in [0.1, 0.15) is 5.82 Å². The molecule has 0 amide bonds. The maximum atomic E-state index is 4.63. The fourth-order valence-electron chi connectivity index (χ4n) is 2.95. The van der Waals surface area contributed by atoms with Crippen LogP contribution >= 0.6 is 0 Å². The zero-order chi connectivity index (χ0) is 14.6. The van der Waals surface area contributed by atoms with Crippen LogP contribution < -0.4 is 10.2 Å². The van der Waals surface area contributed by atoms with Crippen LogP contribution in [0.1, 0.15) is 46.1 Å². The molecule has 20 heavy (non-hydrogen) atoms. The predicted octanol–water partition coefficient (Wildman–Crippen LogP) is 3.45. The lowest BCUT2D eigenvalue weighted by molar-refractivity contribution is 0.198. The number of piperidine rings is 1. The standard InChI is InChI=1S/C17H29N3/c1-5-18-12-14-6-7-16(19-13-14)20-10-8-15(9-11-20)17(2,3)4/h6-7,13,15,18H,5,8-12H2,1-4H3. The topological polar surface area (TPSA) is 28.2 Å². The summed E-state index contributed by atoms with van der Waals surface area (Å²) < 4.78 is 0. The fourth-order valence-corrected chi connectivity index (χ4v) is 2.95. The van der Waals surface area contributed by atoms with Crippen molar-refractivity contribution in [2.24, 2.45) is 11.3 Å². The number of hydrogen-bond acceptors (Lipinski definition) is 3. The van der Waals surface area contributed by atoms with Gasteiger partial charge in [-0.2, -0.15) is 0 Å². The zero-order valence-corrected chi connectivity index (χ0v) is 13.4. The molecule has 112 valence electrons. The minimum atomic E-state index is 0.440. The Balaban J connectivity index is 1.90. The van der Waals surface area contributed by atoms with Crippen LogP contribution in [0.5, 0.6) is 0 Å². The molecule has 0 bridgehead atoms. The highest BCUT2D eigenvalue weighted by atomic mass is 15.2. The molecule has 3 heteroatoms. The molecular weight excluding hydrogens is 246 g/mol. The minimum absolute atomic E-state index is 0.440. The lowest BCUT2D eigenvalue weighted by Gasteiger charge is -2.39. The summed E-state index contributed by atoms with van der Waals surface area (Å²) in [5, 5.41) is 3.33. The summed E-state index contributed by atoms with van der Waals surface area (Å²) in [5.41, 5.74) is 1.70. The molecule has 0 radical (unpaired) electrons. The summed E-state index contributed by atoms with van der Waals surface area (Å²) >= 11 is 0. The molecule has 1 aromatic rings. The SMILES string of the molecule is CCNCc1ccc(N2CCC(C(C)(C)C)CC2)nc1. The van der Waals surface area contributed by atoms with E-state index in [2.05, 4.69) is 55.0 Å². The summed E-state index contributed by atoms with van der Waals surface area (Å²) in [6.45, 7) is 13.4. The van der Waals surface area contributed by atoms with Gasteiger partial charge in [0.25, 0.3) is 0 Å². The number of pyridine rings is 1. The molecule has 0 unspecified atom stereocenters. The number of aromatic nitrogens is 1. The van der Waals surface area contributed by atoms with Crippen LogP contribution in [0.25, 0.3) is 0 Å². The highest BCUT2D eigenvalue weighted by molar-refractivity contribution is 5.39. The summed E-state index contributed by atoms with van der Waals surface area (Å²) in [5.74, 6) is 1.98. The Bertz CT molecular complexity index is 397. The van der Waals surface area contributed by atoms with Gasteiger partial charge in [-0.1, -0.05) is 33.8 Å². The van der Waals surface area contributed by atoms with Crippen LogP contribution in [0.4, 0.5) is 5.82 Å². The monoisotopic (exact) mass is 275 g/mol. The Morgan fingerprint density at radius 3 is 2.45 bits per heavy atom. The van der Waals surface area contributed by atoms with Gasteiger partial charge in [0.05, 0.1) is 0 Å². The van der Waals surface area contributed by atoms with Crippen LogP contribution in [-0.4, -0.2) is 24.6 Å². The molecule has 0 aliphatic carbocycles. The molecule has 2 rings (SSSR count). The van der Waals surface area contributed by atoms with Crippen molar-refractivity contribution in [3.63, 3.8) is 0 Å². The second-order valence-electron chi connectivity index (χ2n) is 6.93. The van der Waals surface area contributed by atoms with Crippen molar-refractivity contribution in [3.8, 4) is 0 Å².